The zero-order valence-corrected chi connectivity index (χ0v) is 20.2. The van der Waals surface area contributed by atoms with Gasteiger partial charge in [0.25, 0.3) is 5.91 Å². The minimum atomic E-state index is -0.712. The fourth-order valence-corrected chi connectivity index (χ4v) is 6.39. The Morgan fingerprint density at radius 1 is 0.971 bits per heavy atom. The molecule has 1 heterocycles. The van der Waals surface area contributed by atoms with Crippen molar-refractivity contribution in [2.45, 2.75) is 17.2 Å². The number of nitrogens with zero attached hydrogens (tertiary/aromatic N) is 1. The largest absolute Gasteiger partial charge is 0.495 e. The van der Waals surface area contributed by atoms with E-state index in [9.17, 15) is 19.2 Å². The van der Waals surface area contributed by atoms with Gasteiger partial charge in [-0.25, -0.2) is 4.79 Å². The van der Waals surface area contributed by atoms with Crippen LogP contribution in [0, 0.1) is 23.7 Å². The molecule has 2 aromatic carbocycles. The number of carbonyl (C=O) groups excluding carboxylic acids is 4. The Hall–Kier alpha value is -3.10. The Balaban J connectivity index is 1.22. The van der Waals surface area contributed by atoms with E-state index in [1.807, 2.05) is 0 Å². The fraction of sp³-hybridized carbons (Fsp3) is 0.360. The minimum absolute atomic E-state index is 0.105. The van der Waals surface area contributed by atoms with Crippen LogP contribution in [0.4, 0.5) is 11.4 Å². The number of fused-ring (bicyclic) bond motifs is 5. The van der Waals surface area contributed by atoms with Crippen LogP contribution < -0.4 is 15.0 Å². The van der Waals surface area contributed by atoms with Gasteiger partial charge in [-0.1, -0.05) is 12.1 Å². The summed E-state index contributed by atoms with van der Waals surface area (Å²) in [6.45, 7) is -0.493. The van der Waals surface area contributed by atoms with Crippen molar-refractivity contribution in [3.63, 3.8) is 0 Å². The molecular weight excluding hydrogens is 495 g/mol. The third-order valence-electron chi connectivity index (χ3n) is 7.06. The summed E-state index contributed by atoms with van der Waals surface area (Å²) in [5.74, 6) is -2.41. The topological polar surface area (TPSA) is 102 Å². The Kier molecular flexibility index (Phi) is 6.19. The van der Waals surface area contributed by atoms with E-state index < -0.39 is 30.3 Å². The molecule has 0 aromatic heterocycles. The first kappa shape index (κ1) is 23.6. The molecule has 1 aliphatic heterocycles. The molecule has 2 aromatic rings. The molecule has 2 aliphatic carbocycles. The van der Waals surface area contributed by atoms with Gasteiger partial charge in [-0.3, -0.25) is 19.3 Å². The van der Waals surface area contributed by atoms with Gasteiger partial charge in [0.1, 0.15) is 5.75 Å². The molecule has 2 bridgehead atoms. The predicted octanol–water partition coefficient (Wildman–Crippen LogP) is 3.46. The van der Waals surface area contributed by atoms with Crippen LogP contribution >= 0.6 is 23.2 Å². The number of hydrogen-bond donors (Lipinski definition) is 1. The number of amides is 3. The van der Waals surface area contributed by atoms with E-state index in [0.717, 1.165) is 0 Å². The first-order valence-corrected chi connectivity index (χ1v) is 12.0. The number of imide groups is 1. The standard InChI is InChI=1S/C25H22Cl2N2O6/c1-34-17-5-3-2-4-16(17)28-18(30)11-35-25(33)12-6-8-13(9-7-12)29-23(31)19-14-10-15(20(19)24(29)32)22(27)21(14)26/h2-9,14-15,19-22H,10-11H2,1H3,(H,28,30)/t14-,15-,19-,20+,21+,22+/m1/s1. The number of esters is 1. The number of alkyl halides is 2. The van der Waals surface area contributed by atoms with Gasteiger partial charge in [0.15, 0.2) is 6.61 Å². The molecule has 0 spiro atoms. The zero-order valence-electron chi connectivity index (χ0n) is 18.6. The van der Waals surface area contributed by atoms with Crippen molar-refractivity contribution in [1.29, 1.82) is 0 Å². The smallest absolute Gasteiger partial charge is 0.338 e. The van der Waals surface area contributed by atoms with Crippen LogP contribution in [0.3, 0.4) is 0 Å². The third-order valence-corrected chi connectivity index (χ3v) is 8.38. The normalized spacial score (nSPS) is 28.7. The third kappa shape index (κ3) is 3.94. The van der Waals surface area contributed by atoms with Gasteiger partial charge >= 0.3 is 5.97 Å². The number of benzene rings is 2. The van der Waals surface area contributed by atoms with E-state index in [4.69, 9.17) is 32.7 Å². The number of nitrogens with one attached hydrogen (secondary N) is 1. The maximum absolute atomic E-state index is 13.1. The number of hydrogen-bond acceptors (Lipinski definition) is 6. The van der Waals surface area contributed by atoms with Crippen LogP contribution in [0.1, 0.15) is 16.8 Å². The summed E-state index contributed by atoms with van der Waals surface area (Å²) >= 11 is 12.8. The zero-order chi connectivity index (χ0) is 24.9. The van der Waals surface area contributed by atoms with Gasteiger partial charge in [-0.05, 0) is 54.7 Å². The maximum atomic E-state index is 13.1. The average molecular weight is 517 g/mol. The molecule has 2 saturated carbocycles. The number of para-hydroxylation sites is 2. The van der Waals surface area contributed by atoms with E-state index in [-0.39, 0.29) is 40.0 Å². The van der Waals surface area contributed by atoms with Gasteiger partial charge in [0.2, 0.25) is 11.8 Å². The number of methoxy groups -OCH3 is 1. The Morgan fingerprint density at radius 2 is 1.57 bits per heavy atom. The summed E-state index contributed by atoms with van der Waals surface area (Å²) in [5, 5.41) is 1.98. The van der Waals surface area contributed by atoms with Gasteiger partial charge in [0, 0.05) is 0 Å². The van der Waals surface area contributed by atoms with Crippen LogP contribution in [-0.4, -0.2) is 48.2 Å². The number of anilines is 2. The molecule has 1 saturated heterocycles. The Morgan fingerprint density at radius 3 is 2.17 bits per heavy atom. The summed E-state index contributed by atoms with van der Waals surface area (Å²) in [6.07, 6.45) is 0.693. The van der Waals surface area contributed by atoms with Crippen LogP contribution in [-0.2, 0) is 19.1 Å². The predicted molar refractivity (Wildman–Crippen MR) is 129 cm³/mol. The second kappa shape index (κ2) is 9.17. The van der Waals surface area contributed by atoms with Gasteiger partial charge in [-0.2, -0.15) is 0 Å². The van der Waals surface area contributed by atoms with Crippen molar-refractivity contribution in [2.24, 2.45) is 23.7 Å². The molecular formula is C25H22Cl2N2O6. The monoisotopic (exact) mass is 516 g/mol. The summed E-state index contributed by atoms with van der Waals surface area (Å²) in [4.78, 5) is 51.9. The molecule has 5 rings (SSSR count). The van der Waals surface area contributed by atoms with Crippen molar-refractivity contribution >= 4 is 58.3 Å². The molecule has 3 amide bonds. The highest BCUT2D eigenvalue weighted by atomic mass is 35.5. The summed E-state index contributed by atoms with van der Waals surface area (Å²) in [6, 6.07) is 12.8. The van der Waals surface area contributed by atoms with E-state index in [2.05, 4.69) is 5.32 Å². The Bertz CT molecular complexity index is 1170. The second-order valence-corrected chi connectivity index (χ2v) is 9.90. The molecule has 182 valence electrons. The van der Waals surface area contributed by atoms with Crippen LogP contribution in [0.25, 0.3) is 0 Å². The average Bonchev–Trinajstić information content (AvgIpc) is 3.47. The first-order valence-electron chi connectivity index (χ1n) is 11.2. The SMILES string of the molecule is COc1ccccc1NC(=O)COC(=O)c1ccc(N2C(=O)[C@@H]3[C@H]4C[C@@H]([C@H](Cl)[C@H]4Cl)[C@@H]3C2=O)cc1. The van der Waals surface area contributed by atoms with Gasteiger partial charge in [-0.15, -0.1) is 23.2 Å². The molecule has 3 aliphatic rings. The second-order valence-electron chi connectivity index (χ2n) is 8.89. The van der Waals surface area contributed by atoms with Crippen molar-refractivity contribution in [3.05, 3.63) is 54.1 Å². The number of halogens is 2. The van der Waals surface area contributed by atoms with Crippen molar-refractivity contribution in [3.8, 4) is 5.75 Å². The van der Waals surface area contributed by atoms with Crippen molar-refractivity contribution < 1.29 is 28.7 Å². The highest BCUT2D eigenvalue weighted by Crippen LogP contribution is 2.59. The molecule has 0 radical (unpaired) electrons. The van der Waals surface area contributed by atoms with E-state index in [1.165, 1.54) is 36.3 Å². The fourth-order valence-electron chi connectivity index (χ4n) is 5.50. The van der Waals surface area contributed by atoms with Crippen molar-refractivity contribution in [1.82, 2.24) is 0 Å². The van der Waals surface area contributed by atoms with Crippen LogP contribution in [0.5, 0.6) is 5.75 Å². The highest BCUT2D eigenvalue weighted by molar-refractivity contribution is 6.32. The minimum Gasteiger partial charge on any atom is -0.495 e. The van der Waals surface area contributed by atoms with Crippen LogP contribution in [0.2, 0.25) is 0 Å². The molecule has 10 heteroatoms. The summed E-state index contributed by atoms with van der Waals surface area (Å²) in [7, 11) is 1.48. The lowest BCUT2D eigenvalue weighted by molar-refractivity contribution is -0.123. The van der Waals surface area contributed by atoms with Gasteiger partial charge in [0.05, 0.1) is 46.6 Å². The van der Waals surface area contributed by atoms with E-state index >= 15 is 0 Å². The van der Waals surface area contributed by atoms with Gasteiger partial charge < -0.3 is 14.8 Å². The quantitative estimate of drug-likeness (QED) is 0.358. The molecule has 8 nitrogen and oxygen atoms in total. The lowest BCUT2D eigenvalue weighted by Gasteiger charge is -2.28. The lowest BCUT2D eigenvalue weighted by Crippen LogP contribution is -2.37. The highest BCUT2D eigenvalue weighted by Gasteiger charge is 2.66. The van der Waals surface area contributed by atoms with Crippen LogP contribution in [0.15, 0.2) is 48.5 Å². The Labute approximate surface area is 211 Å². The summed E-state index contributed by atoms with van der Waals surface area (Å²) < 4.78 is 10.3. The summed E-state index contributed by atoms with van der Waals surface area (Å²) in [5.41, 5.74) is 1.01. The molecule has 3 fully saturated rings. The van der Waals surface area contributed by atoms with E-state index in [0.29, 0.717) is 23.5 Å². The molecule has 1 N–H and O–H groups in total. The number of ether oxygens (including phenoxy) is 2. The van der Waals surface area contributed by atoms with E-state index in [1.54, 1.807) is 24.3 Å². The maximum Gasteiger partial charge on any atom is 0.338 e. The molecule has 35 heavy (non-hydrogen) atoms. The first-order chi connectivity index (χ1) is 16.8. The van der Waals surface area contributed by atoms with Crippen molar-refractivity contribution in [2.75, 3.05) is 23.9 Å². The number of rotatable bonds is 6. The molecule has 6 atom stereocenters. The molecule has 0 unspecified atom stereocenters. The number of carbonyl (C=O) groups is 4. The lowest BCUT2D eigenvalue weighted by atomic mass is 9.80.